The van der Waals surface area contributed by atoms with Crippen molar-refractivity contribution < 1.29 is 8.95 Å². The third-order valence-electron chi connectivity index (χ3n) is 3.53. The molecule has 118 valence electrons. The second kappa shape index (κ2) is 7.77. The van der Waals surface area contributed by atoms with Crippen molar-refractivity contribution in [2.45, 2.75) is 24.4 Å². The van der Waals surface area contributed by atoms with E-state index >= 15 is 0 Å². The summed E-state index contributed by atoms with van der Waals surface area (Å²) in [5.41, 5.74) is 2.17. The van der Waals surface area contributed by atoms with E-state index in [0.717, 1.165) is 21.8 Å². The van der Waals surface area contributed by atoms with Gasteiger partial charge in [0.1, 0.15) is 5.75 Å². The van der Waals surface area contributed by atoms with Crippen molar-refractivity contribution in [3.63, 3.8) is 0 Å². The van der Waals surface area contributed by atoms with E-state index in [1.54, 1.807) is 13.4 Å². The number of rotatable bonds is 6. The van der Waals surface area contributed by atoms with E-state index in [-0.39, 0.29) is 6.04 Å². The van der Waals surface area contributed by atoms with Crippen LogP contribution >= 0.6 is 11.6 Å². The van der Waals surface area contributed by atoms with E-state index in [9.17, 15) is 4.21 Å². The lowest BCUT2D eigenvalue weighted by Gasteiger charge is -2.18. The van der Waals surface area contributed by atoms with Gasteiger partial charge in [-0.05, 0) is 42.8 Å². The molecule has 3 nitrogen and oxygen atoms in total. The molecule has 2 aromatic carbocycles. The van der Waals surface area contributed by atoms with Crippen molar-refractivity contribution in [3.8, 4) is 5.75 Å². The van der Waals surface area contributed by atoms with Gasteiger partial charge in [0, 0.05) is 45.1 Å². The highest BCUT2D eigenvalue weighted by molar-refractivity contribution is 7.84. The molecule has 0 bridgehead atoms. The van der Waals surface area contributed by atoms with Crippen LogP contribution in [-0.4, -0.2) is 17.6 Å². The Labute approximate surface area is 139 Å². The highest BCUT2D eigenvalue weighted by Crippen LogP contribution is 2.28. The molecule has 5 heteroatoms. The second-order valence-corrected chi connectivity index (χ2v) is 6.90. The molecule has 0 radical (unpaired) electrons. The summed E-state index contributed by atoms with van der Waals surface area (Å²) in [6.45, 7) is 2.79. The fourth-order valence-corrected chi connectivity index (χ4v) is 2.92. The highest BCUT2D eigenvalue weighted by atomic mass is 35.5. The Hall–Kier alpha value is -1.36. The largest absolute Gasteiger partial charge is 0.496 e. The van der Waals surface area contributed by atoms with Crippen LogP contribution in [0.3, 0.4) is 0 Å². The van der Waals surface area contributed by atoms with Crippen LogP contribution in [0.25, 0.3) is 0 Å². The monoisotopic (exact) mass is 337 g/mol. The van der Waals surface area contributed by atoms with Crippen molar-refractivity contribution in [2.24, 2.45) is 0 Å². The maximum absolute atomic E-state index is 11.4. The Morgan fingerprint density at radius 2 is 1.91 bits per heavy atom. The van der Waals surface area contributed by atoms with Crippen LogP contribution in [0.2, 0.25) is 5.02 Å². The summed E-state index contributed by atoms with van der Waals surface area (Å²) in [5, 5.41) is 4.15. The molecule has 0 spiro atoms. The summed E-state index contributed by atoms with van der Waals surface area (Å²) >= 11 is 6.07. The van der Waals surface area contributed by atoms with Gasteiger partial charge in [-0.2, -0.15) is 0 Å². The molecule has 0 saturated carbocycles. The molecule has 0 amide bonds. The van der Waals surface area contributed by atoms with Gasteiger partial charge in [-0.15, -0.1) is 0 Å². The Morgan fingerprint density at radius 1 is 1.23 bits per heavy atom. The minimum Gasteiger partial charge on any atom is -0.496 e. The number of benzene rings is 2. The number of halogens is 1. The smallest absolute Gasteiger partial charge is 0.123 e. The van der Waals surface area contributed by atoms with E-state index in [0.29, 0.717) is 11.6 Å². The first kappa shape index (κ1) is 17.0. The van der Waals surface area contributed by atoms with Gasteiger partial charge in [0.25, 0.3) is 0 Å². The van der Waals surface area contributed by atoms with Gasteiger partial charge in [-0.1, -0.05) is 23.7 Å². The fraction of sp³-hybridized carbons (Fsp3) is 0.294. The second-order valence-electron chi connectivity index (χ2n) is 5.09. The zero-order chi connectivity index (χ0) is 16.1. The highest BCUT2D eigenvalue weighted by Gasteiger charge is 2.11. The molecule has 1 N–H and O–H groups in total. The van der Waals surface area contributed by atoms with Crippen molar-refractivity contribution in [2.75, 3.05) is 13.4 Å². The minimum atomic E-state index is -0.938. The van der Waals surface area contributed by atoms with E-state index in [4.69, 9.17) is 16.3 Å². The molecule has 0 heterocycles. The molecule has 0 saturated heterocycles. The maximum atomic E-state index is 11.4. The van der Waals surface area contributed by atoms with Crippen molar-refractivity contribution in [1.82, 2.24) is 5.32 Å². The van der Waals surface area contributed by atoms with Crippen LogP contribution in [-0.2, 0) is 17.3 Å². The molecule has 0 aliphatic heterocycles. The standard InChI is InChI=1S/C17H20ClNO2S/c1-12(16-10-14(18)6-9-17(16)21-2)19-11-13-4-7-15(8-5-13)22(3)20/h4-10,12,19H,11H2,1-3H3/t12-,22+/m0/s1. The fourth-order valence-electron chi connectivity index (χ4n) is 2.22. The first-order chi connectivity index (χ1) is 10.5. The third-order valence-corrected chi connectivity index (χ3v) is 4.70. The Kier molecular flexibility index (Phi) is 6.00. The van der Waals surface area contributed by atoms with E-state index in [2.05, 4.69) is 12.2 Å². The SMILES string of the molecule is COc1ccc(Cl)cc1[C@H](C)NCc1ccc([S@@](C)=O)cc1. The van der Waals surface area contributed by atoms with Crippen molar-refractivity contribution in [3.05, 3.63) is 58.6 Å². The van der Waals surface area contributed by atoms with Crippen molar-refractivity contribution in [1.29, 1.82) is 0 Å². The molecule has 0 aliphatic rings. The van der Waals surface area contributed by atoms with Gasteiger partial charge in [0.15, 0.2) is 0 Å². The molecule has 0 fully saturated rings. The van der Waals surface area contributed by atoms with E-state index < -0.39 is 10.8 Å². The Morgan fingerprint density at radius 3 is 2.50 bits per heavy atom. The summed E-state index contributed by atoms with van der Waals surface area (Å²) in [7, 11) is 0.718. The van der Waals surface area contributed by atoms with Crippen LogP contribution in [0.4, 0.5) is 0 Å². The predicted octanol–water partition coefficient (Wildman–Crippen LogP) is 3.94. The summed E-state index contributed by atoms with van der Waals surface area (Å²) in [5.74, 6) is 0.820. The normalized spacial score (nSPS) is 13.6. The summed E-state index contributed by atoms with van der Waals surface area (Å²) in [4.78, 5) is 0.841. The molecule has 2 aromatic rings. The molecule has 22 heavy (non-hydrogen) atoms. The lowest BCUT2D eigenvalue weighted by molar-refractivity contribution is 0.401. The number of methoxy groups -OCH3 is 1. The predicted molar refractivity (Wildman–Crippen MR) is 92.0 cm³/mol. The number of ether oxygens (including phenoxy) is 1. The minimum absolute atomic E-state index is 0.105. The third kappa shape index (κ3) is 4.32. The summed E-state index contributed by atoms with van der Waals surface area (Å²) in [6, 6.07) is 13.5. The lowest BCUT2D eigenvalue weighted by atomic mass is 10.1. The van der Waals surface area contributed by atoms with E-state index in [1.165, 1.54) is 0 Å². The lowest BCUT2D eigenvalue weighted by Crippen LogP contribution is -2.18. The number of hydrogen-bond donors (Lipinski definition) is 1. The molecule has 2 atom stereocenters. The van der Waals surface area contributed by atoms with Gasteiger partial charge in [0.2, 0.25) is 0 Å². The number of hydrogen-bond acceptors (Lipinski definition) is 3. The Bertz CT molecular complexity index is 658. The van der Waals surface area contributed by atoms with Gasteiger partial charge in [0.05, 0.1) is 7.11 Å². The molecule has 2 rings (SSSR count). The zero-order valence-corrected chi connectivity index (χ0v) is 14.5. The van der Waals surface area contributed by atoms with Crippen LogP contribution in [0, 0.1) is 0 Å². The quantitative estimate of drug-likeness (QED) is 0.867. The van der Waals surface area contributed by atoms with Crippen molar-refractivity contribution >= 4 is 22.4 Å². The maximum Gasteiger partial charge on any atom is 0.123 e. The van der Waals surface area contributed by atoms with Gasteiger partial charge in [-0.3, -0.25) is 4.21 Å². The molecular weight excluding hydrogens is 318 g/mol. The van der Waals surface area contributed by atoms with Crippen LogP contribution in [0.15, 0.2) is 47.4 Å². The van der Waals surface area contributed by atoms with Gasteiger partial charge < -0.3 is 10.1 Å². The Balaban J connectivity index is 2.05. The van der Waals surface area contributed by atoms with Crippen LogP contribution < -0.4 is 10.1 Å². The molecule has 0 unspecified atom stereocenters. The average molecular weight is 338 g/mol. The van der Waals surface area contributed by atoms with Crippen LogP contribution in [0.5, 0.6) is 5.75 Å². The number of nitrogens with one attached hydrogen (secondary N) is 1. The topological polar surface area (TPSA) is 38.3 Å². The van der Waals surface area contributed by atoms with Gasteiger partial charge >= 0.3 is 0 Å². The molecule has 0 aliphatic carbocycles. The van der Waals surface area contributed by atoms with E-state index in [1.807, 2.05) is 42.5 Å². The van der Waals surface area contributed by atoms with Crippen LogP contribution in [0.1, 0.15) is 24.1 Å². The first-order valence-electron chi connectivity index (χ1n) is 7.00. The first-order valence-corrected chi connectivity index (χ1v) is 8.94. The molecular formula is C17H20ClNO2S. The summed E-state index contributed by atoms with van der Waals surface area (Å²) < 4.78 is 16.8. The zero-order valence-electron chi connectivity index (χ0n) is 12.9. The molecule has 0 aromatic heterocycles. The van der Waals surface area contributed by atoms with Gasteiger partial charge in [-0.25, -0.2) is 0 Å². The average Bonchev–Trinajstić information content (AvgIpc) is 2.53. The summed E-state index contributed by atoms with van der Waals surface area (Å²) in [6.07, 6.45) is 1.68.